The summed E-state index contributed by atoms with van der Waals surface area (Å²) in [5.74, 6) is -1.32. The zero-order chi connectivity index (χ0) is 21.9. The summed E-state index contributed by atoms with van der Waals surface area (Å²) in [6.45, 7) is 1.45. The summed E-state index contributed by atoms with van der Waals surface area (Å²) < 4.78 is 43.0. The molecule has 3 aromatic heterocycles. The summed E-state index contributed by atoms with van der Waals surface area (Å²) in [7, 11) is 0. The van der Waals surface area contributed by atoms with Gasteiger partial charge in [-0.3, -0.25) is 4.79 Å². The second-order valence-electron chi connectivity index (χ2n) is 7.97. The Balaban J connectivity index is 1.57. The van der Waals surface area contributed by atoms with Gasteiger partial charge in [0.1, 0.15) is 17.2 Å². The standard InChI is InChI=1S/C20H18ClF3N6O/c1-9-17(22)12(6-16(21)27-9)19(31)29-10-2-4-11(14(29)5-3-10)15-7-13(18(23)24)28-20-25-8-26-30(15)20/h6-8,10-11,14,18H,2-5H2,1H3/t10?,11-,14?/m0/s1. The van der Waals surface area contributed by atoms with Gasteiger partial charge in [0.2, 0.25) is 0 Å². The summed E-state index contributed by atoms with van der Waals surface area (Å²) in [4.78, 5) is 26.8. The Kier molecular flexibility index (Phi) is 4.84. The number of fused-ring (bicyclic) bond motifs is 3. The monoisotopic (exact) mass is 450 g/mol. The molecule has 0 saturated carbocycles. The largest absolute Gasteiger partial charge is 0.332 e. The van der Waals surface area contributed by atoms with E-state index in [1.54, 1.807) is 4.90 Å². The topological polar surface area (TPSA) is 76.3 Å². The SMILES string of the molecule is Cc1nc(Cl)cc(C(=O)N2C3CCC2[C@@H](c2cc(C(F)F)nc4ncnn24)CC3)c1F. The van der Waals surface area contributed by atoms with E-state index in [4.69, 9.17) is 11.6 Å². The number of amides is 1. The maximum absolute atomic E-state index is 14.7. The smallest absolute Gasteiger partial charge is 0.280 e. The fourth-order valence-electron chi connectivity index (χ4n) is 4.96. The summed E-state index contributed by atoms with van der Waals surface area (Å²) >= 11 is 5.97. The number of aromatic nitrogens is 5. The highest BCUT2D eigenvalue weighted by molar-refractivity contribution is 6.29. The van der Waals surface area contributed by atoms with Crippen molar-refractivity contribution in [3.63, 3.8) is 0 Å². The summed E-state index contributed by atoms with van der Waals surface area (Å²) in [6.07, 6.45) is 1.33. The number of halogens is 4. The predicted octanol–water partition coefficient (Wildman–Crippen LogP) is 4.11. The highest BCUT2D eigenvalue weighted by Crippen LogP contribution is 2.45. The maximum atomic E-state index is 14.7. The number of carbonyl (C=O) groups is 1. The van der Waals surface area contributed by atoms with Gasteiger partial charge in [-0.2, -0.15) is 10.1 Å². The Hall–Kier alpha value is -2.75. The van der Waals surface area contributed by atoms with E-state index in [9.17, 15) is 18.0 Å². The Morgan fingerprint density at radius 3 is 2.74 bits per heavy atom. The first-order valence-electron chi connectivity index (χ1n) is 9.99. The lowest BCUT2D eigenvalue weighted by molar-refractivity contribution is 0.0548. The molecule has 0 N–H and O–H groups in total. The molecular formula is C20H18ClF3N6O. The van der Waals surface area contributed by atoms with Crippen LogP contribution in [-0.4, -0.2) is 47.5 Å². The van der Waals surface area contributed by atoms with Gasteiger partial charge in [-0.15, -0.1) is 0 Å². The molecule has 1 amide bonds. The quantitative estimate of drug-likeness (QED) is 0.561. The van der Waals surface area contributed by atoms with Crippen molar-refractivity contribution in [1.29, 1.82) is 0 Å². The molecule has 3 atom stereocenters. The third kappa shape index (κ3) is 3.24. The molecular weight excluding hydrogens is 433 g/mol. The van der Waals surface area contributed by atoms with Crippen LogP contribution in [0.3, 0.4) is 0 Å². The van der Waals surface area contributed by atoms with Crippen LogP contribution in [0.25, 0.3) is 5.78 Å². The van der Waals surface area contributed by atoms with Gasteiger partial charge in [0.15, 0.2) is 5.82 Å². The first-order valence-corrected chi connectivity index (χ1v) is 10.4. The van der Waals surface area contributed by atoms with E-state index in [1.165, 1.54) is 29.9 Å². The molecule has 3 aromatic rings. The number of piperidine rings is 1. The predicted molar refractivity (Wildman–Crippen MR) is 105 cm³/mol. The van der Waals surface area contributed by atoms with Gasteiger partial charge in [0, 0.05) is 18.0 Å². The van der Waals surface area contributed by atoms with Gasteiger partial charge in [0.25, 0.3) is 18.1 Å². The van der Waals surface area contributed by atoms with Crippen LogP contribution in [0, 0.1) is 12.7 Å². The molecule has 2 saturated heterocycles. The van der Waals surface area contributed by atoms with E-state index >= 15 is 0 Å². The van der Waals surface area contributed by atoms with Gasteiger partial charge >= 0.3 is 0 Å². The van der Waals surface area contributed by atoms with Crippen LogP contribution in [0.4, 0.5) is 13.2 Å². The molecule has 2 aliphatic rings. The van der Waals surface area contributed by atoms with Crippen molar-refractivity contribution in [2.75, 3.05) is 0 Å². The molecule has 0 radical (unpaired) electrons. The lowest BCUT2D eigenvalue weighted by Gasteiger charge is -2.40. The minimum Gasteiger partial charge on any atom is -0.332 e. The number of hydrogen-bond acceptors (Lipinski definition) is 5. The molecule has 11 heteroatoms. The van der Waals surface area contributed by atoms with E-state index in [-0.39, 0.29) is 45.9 Å². The molecule has 162 valence electrons. The van der Waals surface area contributed by atoms with Crippen molar-refractivity contribution < 1.29 is 18.0 Å². The molecule has 2 bridgehead atoms. The highest BCUT2D eigenvalue weighted by atomic mass is 35.5. The first-order chi connectivity index (χ1) is 14.8. The number of rotatable bonds is 3. The molecule has 2 fully saturated rings. The van der Waals surface area contributed by atoms with Crippen molar-refractivity contribution >= 4 is 23.3 Å². The number of alkyl halides is 2. The molecule has 0 aliphatic carbocycles. The van der Waals surface area contributed by atoms with E-state index in [0.717, 1.165) is 6.42 Å². The molecule has 2 unspecified atom stereocenters. The fraction of sp³-hybridized carbons (Fsp3) is 0.450. The summed E-state index contributed by atoms with van der Waals surface area (Å²) in [6, 6.07) is 2.26. The van der Waals surface area contributed by atoms with E-state index in [0.29, 0.717) is 25.0 Å². The van der Waals surface area contributed by atoms with Crippen molar-refractivity contribution in [1.82, 2.24) is 29.5 Å². The molecule has 5 heterocycles. The molecule has 31 heavy (non-hydrogen) atoms. The zero-order valence-corrected chi connectivity index (χ0v) is 17.2. The van der Waals surface area contributed by atoms with Gasteiger partial charge in [-0.1, -0.05) is 11.6 Å². The molecule has 0 aromatic carbocycles. The number of hydrogen-bond donors (Lipinski definition) is 0. The Labute approximate surface area is 180 Å². The highest BCUT2D eigenvalue weighted by Gasteiger charge is 2.47. The molecule has 0 spiro atoms. The third-order valence-electron chi connectivity index (χ3n) is 6.28. The number of aryl methyl sites for hydroxylation is 1. The Morgan fingerprint density at radius 2 is 1.97 bits per heavy atom. The van der Waals surface area contributed by atoms with Crippen LogP contribution in [0.1, 0.15) is 65.5 Å². The van der Waals surface area contributed by atoms with Crippen molar-refractivity contribution in [2.45, 2.75) is 57.0 Å². The van der Waals surface area contributed by atoms with Crippen molar-refractivity contribution in [2.24, 2.45) is 0 Å². The van der Waals surface area contributed by atoms with Crippen molar-refractivity contribution in [3.05, 3.63) is 52.1 Å². The summed E-state index contributed by atoms with van der Waals surface area (Å²) in [5, 5.41) is 4.20. The Bertz CT molecular complexity index is 1190. The van der Waals surface area contributed by atoms with Gasteiger partial charge in [0.05, 0.1) is 17.0 Å². The first kappa shape index (κ1) is 20.2. The van der Waals surface area contributed by atoms with Crippen LogP contribution in [-0.2, 0) is 0 Å². The third-order valence-corrected chi connectivity index (χ3v) is 6.47. The van der Waals surface area contributed by atoms with Gasteiger partial charge in [-0.25, -0.2) is 27.7 Å². The lowest BCUT2D eigenvalue weighted by Crippen LogP contribution is -2.48. The molecule has 5 rings (SSSR count). The van der Waals surface area contributed by atoms with E-state index in [2.05, 4.69) is 20.1 Å². The van der Waals surface area contributed by atoms with Crippen LogP contribution in [0.2, 0.25) is 5.15 Å². The normalized spacial score (nSPS) is 23.2. The second kappa shape index (κ2) is 7.44. The van der Waals surface area contributed by atoms with E-state index < -0.39 is 18.1 Å². The minimum absolute atomic E-state index is 0.0389. The van der Waals surface area contributed by atoms with E-state index in [1.807, 2.05) is 0 Å². The average Bonchev–Trinajstić information content (AvgIpc) is 3.32. The number of carbonyl (C=O) groups excluding carboxylic acids is 1. The number of pyridine rings is 1. The van der Waals surface area contributed by atoms with Gasteiger partial charge < -0.3 is 4.90 Å². The number of nitrogens with zero attached hydrogens (tertiary/aromatic N) is 6. The van der Waals surface area contributed by atoms with Crippen LogP contribution in [0.5, 0.6) is 0 Å². The van der Waals surface area contributed by atoms with Crippen LogP contribution < -0.4 is 0 Å². The van der Waals surface area contributed by atoms with Crippen molar-refractivity contribution in [3.8, 4) is 0 Å². The zero-order valence-electron chi connectivity index (χ0n) is 16.5. The van der Waals surface area contributed by atoms with Crippen LogP contribution in [0.15, 0.2) is 18.5 Å². The second-order valence-corrected chi connectivity index (χ2v) is 8.35. The summed E-state index contributed by atoms with van der Waals surface area (Å²) in [5.41, 5.74) is 0.0854. The Morgan fingerprint density at radius 1 is 1.19 bits per heavy atom. The molecule has 2 aliphatic heterocycles. The van der Waals surface area contributed by atoms with Gasteiger partial charge in [-0.05, 0) is 44.7 Å². The minimum atomic E-state index is -2.76. The average molecular weight is 451 g/mol. The fourth-order valence-corrected chi connectivity index (χ4v) is 5.20. The van der Waals surface area contributed by atoms with Crippen LogP contribution >= 0.6 is 11.6 Å². The maximum Gasteiger partial charge on any atom is 0.280 e. The molecule has 7 nitrogen and oxygen atoms in total. The lowest BCUT2D eigenvalue weighted by atomic mass is 9.86.